The highest BCUT2D eigenvalue weighted by atomic mass is 32.1. The molecule has 12 heteroatoms. The van der Waals surface area contributed by atoms with Crippen molar-refractivity contribution in [2.45, 2.75) is 38.4 Å². The number of thiazole rings is 1. The van der Waals surface area contributed by atoms with Gasteiger partial charge in [-0.2, -0.15) is 23.3 Å². The lowest BCUT2D eigenvalue weighted by Crippen LogP contribution is -2.27. The molecule has 0 amide bonds. The molecule has 0 unspecified atom stereocenters. The topological polar surface area (TPSA) is 81.2 Å². The van der Waals surface area contributed by atoms with Crippen LogP contribution in [0.2, 0.25) is 0 Å². The van der Waals surface area contributed by atoms with E-state index in [2.05, 4.69) is 32.0 Å². The normalized spacial score (nSPS) is 16.8. The molecule has 0 saturated carbocycles. The highest BCUT2D eigenvalue weighted by molar-refractivity contribution is 7.13. The smallest absolute Gasteiger partial charge is 0.337 e. The Balaban J connectivity index is 1.41. The van der Waals surface area contributed by atoms with Crippen molar-refractivity contribution in [3.63, 3.8) is 0 Å². The molecule has 4 aromatic rings. The van der Waals surface area contributed by atoms with E-state index in [0.29, 0.717) is 17.6 Å². The molecule has 5 rings (SSSR count). The summed E-state index contributed by atoms with van der Waals surface area (Å²) in [6, 6.07) is 3.98. The van der Waals surface area contributed by atoms with Gasteiger partial charge in [0.2, 0.25) is 5.95 Å². The summed E-state index contributed by atoms with van der Waals surface area (Å²) >= 11 is 0.835. The fourth-order valence-electron chi connectivity index (χ4n) is 4.10. The number of fused-ring (bicyclic) bond motifs is 1. The number of carbonyl (C=O) groups is 1. The van der Waals surface area contributed by atoms with Gasteiger partial charge in [-0.15, -0.1) is 16.4 Å². The molecule has 33 heavy (non-hydrogen) atoms. The van der Waals surface area contributed by atoms with Crippen LogP contribution in [0.1, 0.15) is 41.5 Å². The second kappa shape index (κ2) is 7.94. The highest BCUT2D eigenvalue weighted by Gasteiger charge is 2.34. The van der Waals surface area contributed by atoms with Gasteiger partial charge in [0, 0.05) is 37.6 Å². The molecule has 1 saturated heterocycles. The van der Waals surface area contributed by atoms with Crippen LogP contribution in [0, 0.1) is 0 Å². The van der Waals surface area contributed by atoms with Crippen molar-refractivity contribution in [3.8, 4) is 10.6 Å². The maximum Gasteiger partial charge on any atom is 0.434 e. The van der Waals surface area contributed by atoms with Crippen molar-refractivity contribution in [3.05, 3.63) is 46.9 Å². The minimum Gasteiger partial charge on any atom is -0.337 e. The van der Waals surface area contributed by atoms with Gasteiger partial charge in [0.1, 0.15) is 10.7 Å². The van der Waals surface area contributed by atoms with E-state index in [1.165, 1.54) is 10.9 Å². The number of pyridine rings is 1. The van der Waals surface area contributed by atoms with Crippen LogP contribution in [0.25, 0.3) is 16.2 Å². The van der Waals surface area contributed by atoms with E-state index in [9.17, 15) is 18.0 Å². The van der Waals surface area contributed by atoms with Crippen molar-refractivity contribution >= 4 is 28.7 Å². The Morgan fingerprint density at radius 1 is 1.30 bits per heavy atom. The van der Waals surface area contributed by atoms with Gasteiger partial charge in [-0.25, -0.2) is 9.50 Å². The number of ketones is 1. The first-order valence-corrected chi connectivity index (χ1v) is 11.3. The fraction of sp³-hybridized carbons (Fsp3) is 0.381. The molecule has 172 valence electrons. The summed E-state index contributed by atoms with van der Waals surface area (Å²) in [6.07, 6.45) is 0.843. The molecule has 4 aromatic heterocycles. The second-order valence-electron chi connectivity index (χ2n) is 8.10. The molecule has 0 N–H and O–H groups in total. The predicted molar refractivity (Wildman–Crippen MR) is 116 cm³/mol. The van der Waals surface area contributed by atoms with Crippen molar-refractivity contribution in [2.24, 2.45) is 7.05 Å². The summed E-state index contributed by atoms with van der Waals surface area (Å²) in [5.41, 5.74) is 0.880. The summed E-state index contributed by atoms with van der Waals surface area (Å²) in [6.45, 7) is 3.06. The average molecular weight is 476 g/mol. The summed E-state index contributed by atoms with van der Waals surface area (Å²) in [4.78, 5) is 23.6. The Morgan fingerprint density at radius 3 is 2.82 bits per heavy atom. The lowest BCUT2D eigenvalue weighted by atomic mass is 10.1. The maximum atomic E-state index is 13.1. The van der Waals surface area contributed by atoms with E-state index in [0.717, 1.165) is 41.7 Å². The molecule has 0 radical (unpaired) electrons. The van der Waals surface area contributed by atoms with E-state index >= 15 is 0 Å². The third-order valence-corrected chi connectivity index (χ3v) is 6.67. The minimum atomic E-state index is -4.54. The Kier molecular flexibility index (Phi) is 5.19. The molecule has 8 nitrogen and oxygen atoms in total. The molecule has 0 aromatic carbocycles. The van der Waals surface area contributed by atoms with Crippen LogP contribution in [-0.2, 0) is 19.6 Å². The zero-order chi connectivity index (χ0) is 23.3. The van der Waals surface area contributed by atoms with Gasteiger partial charge in [-0.1, -0.05) is 0 Å². The standard InChI is InChI=1S/C21H20F3N7OS/c1-12-4-3-6-30(12)20-27-17-9-13(5-7-31(17)28-20)8-15(32)18-14(10-25-29(18)2)19-26-16(11-33-19)21(22,23)24/h5,7,9-12H,3-4,6,8H2,1-2H3/t12-/m0/s1. The number of alkyl halides is 3. The highest BCUT2D eigenvalue weighted by Crippen LogP contribution is 2.35. The first-order valence-electron chi connectivity index (χ1n) is 10.4. The third-order valence-electron chi connectivity index (χ3n) is 5.79. The van der Waals surface area contributed by atoms with E-state index in [1.807, 2.05) is 0 Å². The molecular formula is C21H20F3N7OS. The number of hydrogen-bond acceptors (Lipinski definition) is 7. The number of halogens is 3. The monoisotopic (exact) mass is 475 g/mol. The van der Waals surface area contributed by atoms with E-state index in [1.54, 1.807) is 29.9 Å². The van der Waals surface area contributed by atoms with Gasteiger partial charge in [-0.3, -0.25) is 9.48 Å². The van der Waals surface area contributed by atoms with Crippen LogP contribution in [0.15, 0.2) is 29.9 Å². The molecule has 0 bridgehead atoms. The van der Waals surface area contributed by atoms with Crippen LogP contribution in [0.3, 0.4) is 0 Å². The summed E-state index contributed by atoms with van der Waals surface area (Å²) in [5, 5.41) is 9.67. The van der Waals surface area contributed by atoms with E-state index < -0.39 is 11.9 Å². The van der Waals surface area contributed by atoms with Gasteiger partial charge in [0.05, 0.1) is 11.8 Å². The number of nitrogens with zero attached hydrogens (tertiary/aromatic N) is 7. The van der Waals surface area contributed by atoms with Crippen molar-refractivity contribution in [1.82, 2.24) is 29.4 Å². The third kappa shape index (κ3) is 3.99. The fourth-order valence-corrected chi connectivity index (χ4v) is 4.93. The molecule has 1 fully saturated rings. The minimum absolute atomic E-state index is 0.0445. The number of Topliss-reactive ketones (excluding diaryl/α,β-unsaturated/α-hetero) is 1. The van der Waals surface area contributed by atoms with Crippen molar-refractivity contribution in [1.29, 1.82) is 0 Å². The quantitative estimate of drug-likeness (QED) is 0.406. The number of aryl methyl sites for hydroxylation is 1. The van der Waals surface area contributed by atoms with Crippen molar-refractivity contribution < 1.29 is 18.0 Å². The average Bonchev–Trinajstić information content (AvgIpc) is 3.52. The SMILES string of the molecule is C[C@H]1CCCN1c1nc2cc(CC(=O)c3c(-c4nc(C(F)(F)F)cs4)cnn3C)ccn2n1. The zero-order valence-corrected chi connectivity index (χ0v) is 18.7. The van der Waals surface area contributed by atoms with Gasteiger partial charge >= 0.3 is 6.18 Å². The largest absolute Gasteiger partial charge is 0.434 e. The molecular weight excluding hydrogens is 455 g/mol. The van der Waals surface area contributed by atoms with Crippen LogP contribution in [-0.4, -0.2) is 47.7 Å². The molecule has 5 heterocycles. The Bertz CT molecular complexity index is 1340. The number of anilines is 1. The second-order valence-corrected chi connectivity index (χ2v) is 8.96. The van der Waals surface area contributed by atoms with E-state index in [4.69, 9.17) is 0 Å². The Labute approximate surface area is 190 Å². The van der Waals surface area contributed by atoms with Gasteiger partial charge in [0.25, 0.3) is 0 Å². The van der Waals surface area contributed by atoms with Crippen LogP contribution < -0.4 is 4.90 Å². The van der Waals surface area contributed by atoms with Crippen LogP contribution >= 0.6 is 11.3 Å². The number of aromatic nitrogens is 6. The van der Waals surface area contributed by atoms with Gasteiger partial charge < -0.3 is 4.90 Å². The number of hydrogen-bond donors (Lipinski definition) is 0. The Morgan fingerprint density at radius 2 is 2.12 bits per heavy atom. The molecule has 0 aliphatic carbocycles. The van der Waals surface area contributed by atoms with Crippen LogP contribution in [0.5, 0.6) is 0 Å². The molecule has 0 spiro atoms. The number of rotatable bonds is 5. The zero-order valence-electron chi connectivity index (χ0n) is 17.9. The van der Waals surface area contributed by atoms with Gasteiger partial charge in [0.15, 0.2) is 17.1 Å². The first-order chi connectivity index (χ1) is 15.7. The molecule has 1 aliphatic heterocycles. The van der Waals surface area contributed by atoms with E-state index in [-0.39, 0.29) is 28.5 Å². The molecule has 1 aliphatic rings. The maximum absolute atomic E-state index is 13.1. The lowest BCUT2D eigenvalue weighted by Gasteiger charge is -2.18. The summed E-state index contributed by atoms with van der Waals surface area (Å²) < 4.78 is 41.9. The van der Waals surface area contributed by atoms with Gasteiger partial charge in [-0.05, 0) is 37.5 Å². The predicted octanol–water partition coefficient (Wildman–Crippen LogP) is 4.02. The van der Waals surface area contributed by atoms with Crippen LogP contribution in [0.4, 0.5) is 19.1 Å². The number of carbonyl (C=O) groups excluding carboxylic acids is 1. The summed E-state index contributed by atoms with van der Waals surface area (Å²) in [5.74, 6) is 0.396. The summed E-state index contributed by atoms with van der Waals surface area (Å²) in [7, 11) is 1.58. The van der Waals surface area contributed by atoms with Crippen molar-refractivity contribution in [2.75, 3.05) is 11.4 Å². The Hall–Kier alpha value is -3.28. The molecule has 1 atom stereocenters. The first kappa shape index (κ1) is 21.6. The lowest BCUT2D eigenvalue weighted by molar-refractivity contribution is -0.140.